The van der Waals surface area contributed by atoms with Crippen LogP contribution < -0.4 is 0 Å². The van der Waals surface area contributed by atoms with Crippen molar-refractivity contribution in [3.8, 4) is 0 Å². The molecule has 27 heavy (non-hydrogen) atoms. The van der Waals surface area contributed by atoms with Crippen molar-refractivity contribution in [2.75, 3.05) is 6.61 Å². The number of aliphatic hydroxyl groups is 1. The first kappa shape index (κ1) is 25.8. The average Bonchev–Trinajstić information content (AvgIpc) is 2.30. The second-order valence-electron chi connectivity index (χ2n) is 4.84. The van der Waals surface area contributed by atoms with Crippen molar-refractivity contribution in [3.63, 3.8) is 0 Å². The molecule has 0 saturated heterocycles. The highest BCUT2D eigenvalue weighted by atomic mass is 19.4. The summed E-state index contributed by atoms with van der Waals surface area (Å²) in [6, 6.07) is 0. The Morgan fingerprint density at radius 3 is 0.852 bits per heavy atom. The SMILES string of the molecule is OCC(F)(F)C(F)(C(F)(F)F)C(F)(F)C(C(F)(F)F)(C(F)(F)F)C(F)(F)F. The van der Waals surface area contributed by atoms with E-state index in [0.717, 1.165) is 0 Å². The molecule has 0 bridgehead atoms. The number of rotatable bonds is 4. The van der Waals surface area contributed by atoms with Gasteiger partial charge in [-0.3, -0.25) is 0 Å². The van der Waals surface area contributed by atoms with E-state index in [0.29, 0.717) is 0 Å². The van der Waals surface area contributed by atoms with E-state index >= 15 is 0 Å². The van der Waals surface area contributed by atoms with E-state index in [9.17, 15) is 74.6 Å². The molecule has 0 aliphatic heterocycles. The molecule has 0 radical (unpaired) electrons. The molecule has 0 aliphatic rings. The van der Waals surface area contributed by atoms with Crippen molar-refractivity contribution in [2.24, 2.45) is 5.41 Å². The van der Waals surface area contributed by atoms with Gasteiger partial charge in [-0.2, -0.15) is 61.5 Å². The minimum Gasteiger partial charge on any atom is -0.390 e. The topological polar surface area (TPSA) is 20.2 Å². The standard InChI is InChI=1S/C9H3F17O/c10-2(11,1-27)4(12,9(24,25)26)5(13,14)3(6(15,16)17,7(18,19)20)8(21,22)23/h27H,1H2. The molecule has 1 unspecified atom stereocenters. The first-order chi connectivity index (χ1) is 11.3. The monoisotopic (exact) mass is 450 g/mol. The van der Waals surface area contributed by atoms with Gasteiger partial charge in [-0.15, -0.1) is 0 Å². The molecule has 0 aromatic carbocycles. The van der Waals surface area contributed by atoms with Crippen LogP contribution in [-0.4, -0.2) is 53.9 Å². The van der Waals surface area contributed by atoms with Gasteiger partial charge in [0.25, 0.3) is 0 Å². The molecule has 1 N–H and O–H groups in total. The molecule has 0 amide bonds. The van der Waals surface area contributed by atoms with Crippen LogP contribution in [0.4, 0.5) is 74.6 Å². The van der Waals surface area contributed by atoms with Crippen molar-refractivity contribution in [1.82, 2.24) is 0 Å². The third kappa shape index (κ3) is 3.06. The van der Waals surface area contributed by atoms with Gasteiger partial charge in [0.2, 0.25) is 0 Å². The Morgan fingerprint density at radius 2 is 0.704 bits per heavy atom. The van der Waals surface area contributed by atoms with E-state index in [1.807, 2.05) is 0 Å². The zero-order valence-corrected chi connectivity index (χ0v) is 11.6. The Kier molecular flexibility index (Phi) is 5.85. The molecule has 164 valence electrons. The Morgan fingerprint density at radius 1 is 0.444 bits per heavy atom. The molecule has 18 heteroatoms. The summed E-state index contributed by atoms with van der Waals surface area (Å²) in [6.07, 6.45) is -33.6. The van der Waals surface area contributed by atoms with Gasteiger partial charge >= 0.3 is 47.6 Å². The highest BCUT2D eigenvalue weighted by Gasteiger charge is 3.02. The number of alkyl halides is 17. The molecule has 0 spiro atoms. The highest BCUT2D eigenvalue weighted by Crippen LogP contribution is 2.72. The fraction of sp³-hybridized carbons (Fsp3) is 1.00. The second-order valence-corrected chi connectivity index (χ2v) is 4.84. The molecule has 0 saturated carbocycles. The summed E-state index contributed by atoms with van der Waals surface area (Å²) in [5.41, 5.74) is -17.4. The number of hydrogen-bond acceptors (Lipinski definition) is 1. The largest absolute Gasteiger partial charge is 0.434 e. The van der Waals surface area contributed by atoms with Crippen LogP contribution in [0, 0.1) is 5.41 Å². The summed E-state index contributed by atoms with van der Waals surface area (Å²) >= 11 is 0. The minimum atomic E-state index is -8.99. The van der Waals surface area contributed by atoms with E-state index in [1.165, 1.54) is 0 Å². The fourth-order valence-electron chi connectivity index (χ4n) is 2.00. The van der Waals surface area contributed by atoms with Crippen LogP contribution in [0.15, 0.2) is 0 Å². The van der Waals surface area contributed by atoms with Gasteiger partial charge in [-0.1, -0.05) is 0 Å². The van der Waals surface area contributed by atoms with Crippen LogP contribution >= 0.6 is 0 Å². The second kappa shape index (κ2) is 6.13. The minimum absolute atomic E-state index is 3.82. The van der Waals surface area contributed by atoms with Gasteiger partial charge < -0.3 is 5.11 Å². The molecule has 1 nitrogen and oxygen atoms in total. The van der Waals surface area contributed by atoms with Gasteiger partial charge in [0.15, 0.2) is 0 Å². The van der Waals surface area contributed by atoms with Gasteiger partial charge in [0.1, 0.15) is 6.61 Å². The molecule has 0 aliphatic carbocycles. The number of halogens is 17. The summed E-state index contributed by atoms with van der Waals surface area (Å²) in [4.78, 5) is 0. The number of hydrogen-bond donors (Lipinski definition) is 1. The van der Waals surface area contributed by atoms with E-state index in [-0.39, 0.29) is 0 Å². The number of aliphatic hydroxyl groups excluding tert-OH is 1. The molecule has 0 aromatic rings. The fourth-order valence-corrected chi connectivity index (χ4v) is 2.00. The van der Waals surface area contributed by atoms with Crippen LogP contribution in [-0.2, 0) is 0 Å². The molecular weight excluding hydrogens is 447 g/mol. The van der Waals surface area contributed by atoms with Crippen molar-refractivity contribution in [3.05, 3.63) is 0 Å². The molecular formula is C9H3F17O. The lowest BCUT2D eigenvalue weighted by Gasteiger charge is -2.49. The van der Waals surface area contributed by atoms with E-state index in [1.54, 1.807) is 0 Å². The first-order valence-electron chi connectivity index (χ1n) is 5.63. The summed E-state index contributed by atoms with van der Waals surface area (Å²) < 4.78 is 217. The van der Waals surface area contributed by atoms with Crippen LogP contribution in [0.5, 0.6) is 0 Å². The summed E-state index contributed by atoms with van der Waals surface area (Å²) in [7, 11) is 0. The maximum Gasteiger partial charge on any atom is 0.434 e. The smallest absolute Gasteiger partial charge is 0.390 e. The maximum atomic E-state index is 13.7. The Balaban J connectivity index is 7.69. The lowest BCUT2D eigenvalue weighted by atomic mass is 9.69. The third-order valence-electron chi connectivity index (χ3n) is 3.27. The predicted molar refractivity (Wildman–Crippen MR) is 47.5 cm³/mol. The molecule has 0 fully saturated rings. The average molecular weight is 450 g/mol. The Hall–Kier alpha value is -1.23. The van der Waals surface area contributed by atoms with Crippen LogP contribution in [0.25, 0.3) is 0 Å². The van der Waals surface area contributed by atoms with Gasteiger partial charge in [-0.05, 0) is 0 Å². The van der Waals surface area contributed by atoms with E-state index in [2.05, 4.69) is 0 Å². The lowest BCUT2D eigenvalue weighted by Crippen LogP contribution is -2.80. The molecule has 0 heterocycles. The van der Waals surface area contributed by atoms with Crippen molar-refractivity contribution in [1.29, 1.82) is 0 Å². The third-order valence-corrected chi connectivity index (χ3v) is 3.27. The van der Waals surface area contributed by atoms with Gasteiger partial charge in [0, 0.05) is 0 Å². The highest BCUT2D eigenvalue weighted by molar-refractivity contribution is 5.21. The zero-order valence-electron chi connectivity index (χ0n) is 11.6. The summed E-state index contributed by atoms with van der Waals surface area (Å²) in [5.74, 6) is -16.2. The van der Waals surface area contributed by atoms with Gasteiger partial charge in [0.05, 0.1) is 0 Å². The maximum absolute atomic E-state index is 13.7. The Bertz CT molecular complexity index is 497. The summed E-state index contributed by atoms with van der Waals surface area (Å²) in [6.45, 7) is -3.82. The normalized spacial score (nSPS) is 18.4. The Labute approximate surface area is 135 Å². The quantitative estimate of drug-likeness (QED) is 0.585. The summed E-state index contributed by atoms with van der Waals surface area (Å²) in [5, 5.41) is 7.86. The van der Waals surface area contributed by atoms with Crippen LogP contribution in [0.2, 0.25) is 0 Å². The van der Waals surface area contributed by atoms with Crippen LogP contribution in [0.3, 0.4) is 0 Å². The predicted octanol–water partition coefficient (Wildman–Crippen LogP) is 5.19. The van der Waals surface area contributed by atoms with Crippen LogP contribution in [0.1, 0.15) is 0 Å². The molecule has 0 rings (SSSR count). The molecule has 1 atom stereocenters. The van der Waals surface area contributed by atoms with Crippen molar-refractivity contribution < 1.29 is 79.7 Å². The first-order valence-corrected chi connectivity index (χ1v) is 5.63. The van der Waals surface area contributed by atoms with Crippen molar-refractivity contribution >= 4 is 0 Å². The zero-order chi connectivity index (χ0) is 22.7. The van der Waals surface area contributed by atoms with E-state index in [4.69, 9.17) is 5.11 Å². The van der Waals surface area contributed by atoms with Crippen molar-refractivity contribution in [2.45, 2.75) is 42.2 Å². The molecule has 0 aromatic heterocycles. The van der Waals surface area contributed by atoms with Gasteiger partial charge in [-0.25, -0.2) is 13.2 Å². The lowest BCUT2D eigenvalue weighted by molar-refractivity contribution is -0.512. The van der Waals surface area contributed by atoms with E-state index < -0.39 is 54.2 Å².